The molecule has 1 unspecified atom stereocenters. The molecule has 146 valence electrons. The molecule has 1 aromatic carbocycles. The molecule has 0 amide bonds. The number of nitrogens with zero attached hydrogens (tertiary/aromatic N) is 2. The van der Waals surface area contributed by atoms with Crippen LogP contribution in [0.3, 0.4) is 0 Å². The van der Waals surface area contributed by atoms with E-state index in [0.29, 0.717) is 18.5 Å². The molecule has 5 heteroatoms. The lowest BCUT2D eigenvalue weighted by atomic mass is 10.0. The molecule has 0 bridgehead atoms. The Bertz CT molecular complexity index is 535. The number of nitrogens with one attached hydrogen (secondary N) is 1. The minimum atomic E-state index is 0.369. The number of hydrogen-bond acceptors (Lipinski definition) is 3. The smallest absolute Gasteiger partial charge is 0.189 e. The summed E-state index contributed by atoms with van der Waals surface area (Å²) in [5.41, 5.74) is 8.55. The van der Waals surface area contributed by atoms with Crippen molar-refractivity contribution in [2.24, 2.45) is 16.6 Å². The van der Waals surface area contributed by atoms with Crippen LogP contribution in [-0.4, -0.2) is 43.2 Å². The molecule has 0 saturated carbocycles. The van der Waals surface area contributed by atoms with Crippen molar-refractivity contribution in [2.45, 2.75) is 59.2 Å². The molecule has 1 saturated heterocycles. The van der Waals surface area contributed by atoms with Crippen molar-refractivity contribution in [3.05, 3.63) is 35.4 Å². The number of nitrogens with two attached hydrogens (primary N) is 1. The van der Waals surface area contributed by atoms with Gasteiger partial charge in [-0.25, -0.2) is 4.99 Å². The lowest BCUT2D eigenvalue weighted by Gasteiger charge is -2.26. The highest BCUT2D eigenvalue weighted by molar-refractivity contribution is 5.78. The van der Waals surface area contributed by atoms with Crippen molar-refractivity contribution in [1.29, 1.82) is 0 Å². The zero-order valence-corrected chi connectivity index (χ0v) is 16.7. The van der Waals surface area contributed by atoms with Crippen molar-refractivity contribution >= 4 is 5.96 Å². The van der Waals surface area contributed by atoms with Gasteiger partial charge in [0.05, 0.1) is 19.8 Å². The first-order chi connectivity index (χ1) is 12.5. The molecule has 26 heavy (non-hydrogen) atoms. The number of morpholine rings is 1. The molecule has 1 heterocycles. The van der Waals surface area contributed by atoms with Gasteiger partial charge in [0.1, 0.15) is 0 Å². The summed E-state index contributed by atoms with van der Waals surface area (Å²) in [7, 11) is 0. The molecule has 1 aromatic rings. The van der Waals surface area contributed by atoms with E-state index in [2.05, 4.69) is 60.2 Å². The van der Waals surface area contributed by atoms with E-state index in [1.165, 1.54) is 24.0 Å². The van der Waals surface area contributed by atoms with Crippen LogP contribution in [-0.2, 0) is 17.8 Å². The van der Waals surface area contributed by atoms with E-state index in [-0.39, 0.29) is 0 Å². The third-order valence-corrected chi connectivity index (χ3v) is 4.78. The molecule has 1 aliphatic rings. The maximum Gasteiger partial charge on any atom is 0.189 e. The van der Waals surface area contributed by atoms with Crippen molar-refractivity contribution in [3.8, 4) is 0 Å². The van der Waals surface area contributed by atoms with E-state index in [1.807, 2.05) is 0 Å². The first-order valence-corrected chi connectivity index (χ1v) is 9.97. The van der Waals surface area contributed by atoms with Gasteiger partial charge in [-0.15, -0.1) is 0 Å². The Labute approximate surface area is 159 Å². The molecule has 2 rings (SSSR count). The highest BCUT2D eigenvalue weighted by Crippen LogP contribution is 2.10. The van der Waals surface area contributed by atoms with Crippen LogP contribution < -0.4 is 11.1 Å². The maximum atomic E-state index is 6.03. The van der Waals surface area contributed by atoms with Crippen molar-refractivity contribution in [1.82, 2.24) is 10.2 Å². The topological polar surface area (TPSA) is 62.9 Å². The van der Waals surface area contributed by atoms with Crippen molar-refractivity contribution in [3.63, 3.8) is 0 Å². The fraction of sp³-hybridized carbons (Fsp3) is 0.667. The maximum absolute atomic E-state index is 6.03. The Balaban J connectivity index is 1.72. The van der Waals surface area contributed by atoms with E-state index in [0.717, 1.165) is 45.2 Å². The molecule has 1 aliphatic heterocycles. The first-order valence-electron chi connectivity index (χ1n) is 9.97. The van der Waals surface area contributed by atoms with Crippen LogP contribution in [0.25, 0.3) is 0 Å². The van der Waals surface area contributed by atoms with Crippen LogP contribution in [0, 0.1) is 5.92 Å². The minimum Gasteiger partial charge on any atom is -0.379 e. The van der Waals surface area contributed by atoms with Crippen LogP contribution in [0.15, 0.2) is 29.3 Å². The Hall–Kier alpha value is -1.59. The summed E-state index contributed by atoms with van der Waals surface area (Å²) in [6.07, 6.45) is 3.62. The summed E-state index contributed by atoms with van der Waals surface area (Å²) >= 11 is 0. The minimum absolute atomic E-state index is 0.369. The second-order valence-electron chi connectivity index (χ2n) is 7.78. The van der Waals surface area contributed by atoms with Crippen LogP contribution in [0.5, 0.6) is 0 Å². The van der Waals surface area contributed by atoms with Crippen LogP contribution >= 0.6 is 0 Å². The molecular formula is C21H36N4O. The van der Waals surface area contributed by atoms with Gasteiger partial charge in [-0.3, -0.25) is 4.90 Å². The second-order valence-corrected chi connectivity index (χ2v) is 7.78. The average Bonchev–Trinajstić information content (AvgIpc) is 2.61. The van der Waals surface area contributed by atoms with Gasteiger partial charge >= 0.3 is 0 Å². The lowest BCUT2D eigenvalue weighted by Crippen LogP contribution is -2.38. The van der Waals surface area contributed by atoms with Crippen LogP contribution in [0.4, 0.5) is 0 Å². The van der Waals surface area contributed by atoms with Gasteiger partial charge in [-0.05, 0) is 30.4 Å². The number of guanidine groups is 1. The van der Waals surface area contributed by atoms with Gasteiger partial charge in [0.2, 0.25) is 0 Å². The molecule has 0 spiro atoms. The zero-order chi connectivity index (χ0) is 18.8. The van der Waals surface area contributed by atoms with E-state index in [1.54, 1.807) is 0 Å². The number of benzene rings is 1. The second kappa shape index (κ2) is 11.2. The predicted molar refractivity (Wildman–Crippen MR) is 109 cm³/mol. The summed E-state index contributed by atoms with van der Waals surface area (Å²) in [5.74, 6) is 1.30. The largest absolute Gasteiger partial charge is 0.379 e. The fourth-order valence-corrected chi connectivity index (χ4v) is 3.15. The summed E-state index contributed by atoms with van der Waals surface area (Å²) in [6.45, 7) is 12.0. The molecule has 3 N–H and O–H groups in total. The quantitative estimate of drug-likeness (QED) is 0.525. The van der Waals surface area contributed by atoms with Crippen LogP contribution in [0.1, 0.15) is 51.2 Å². The van der Waals surface area contributed by atoms with Gasteiger partial charge in [0.25, 0.3) is 0 Å². The van der Waals surface area contributed by atoms with Crippen molar-refractivity contribution < 1.29 is 4.74 Å². The molecule has 1 atom stereocenters. The summed E-state index contributed by atoms with van der Waals surface area (Å²) < 4.78 is 5.40. The summed E-state index contributed by atoms with van der Waals surface area (Å²) in [5, 5.41) is 3.30. The van der Waals surface area contributed by atoms with Gasteiger partial charge in [-0.2, -0.15) is 0 Å². The SMILES string of the molecule is CC(C)CCCC(C)NC(N)=NCc1ccc(CN2CCOCC2)cc1. The Morgan fingerprint density at radius 3 is 2.42 bits per heavy atom. The van der Waals surface area contributed by atoms with E-state index in [4.69, 9.17) is 10.5 Å². The molecule has 0 aromatic heterocycles. The predicted octanol–water partition coefficient (Wildman–Crippen LogP) is 3.14. The van der Waals surface area contributed by atoms with E-state index < -0.39 is 0 Å². The van der Waals surface area contributed by atoms with Gasteiger partial charge in [0.15, 0.2) is 5.96 Å². The third kappa shape index (κ3) is 8.19. The Morgan fingerprint density at radius 1 is 1.12 bits per heavy atom. The van der Waals surface area contributed by atoms with Gasteiger partial charge in [-0.1, -0.05) is 51.0 Å². The lowest BCUT2D eigenvalue weighted by molar-refractivity contribution is 0.0342. The van der Waals surface area contributed by atoms with Crippen molar-refractivity contribution in [2.75, 3.05) is 26.3 Å². The average molecular weight is 361 g/mol. The molecule has 0 aliphatic carbocycles. The molecule has 5 nitrogen and oxygen atoms in total. The normalized spacial score (nSPS) is 17.5. The number of ether oxygens (including phenoxy) is 1. The molecule has 1 fully saturated rings. The third-order valence-electron chi connectivity index (χ3n) is 4.78. The fourth-order valence-electron chi connectivity index (χ4n) is 3.15. The Morgan fingerprint density at radius 2 is 1.77 bits per heavy atom. The standard InChI is InChI=1S/C21H36N4O/c1-17(2)5-4-6-18(3)24-21(22)23-15-19-7-9-20(10-8-19)16-25-11-13-26-14-12-25/h7-10,17-18H,4-6,11-16H2,1-3H3,(H3,22,23,24). The van der Waals surface area contributed by atoms with E-state index in [9.17, 15) is 0 Å². The van der Waals surface area contributed by atoms with E-state index >= 15 is 0 Å². The highest BCUT2D eigenvalue weighted by atomic mass is 16.5. The number of rotatable bonds is 9. The number of aliphatic imine (C=N–C) groups is 1. The van der Waals surface area contributed by atoms with Crippen LogP contribution in [0.2, 0.25) is 0 Å². The van der Waals surface area contributed by atoms with Gasteiger partial charge < -0.3 is 15.8 Å². The summed E-state index contributed by atoms with van der Waals surface area (Å²) in [4.78, 5) is 6.91. The monoisotopic (exact) mass is 360 g/mol. The highest BCUT2D eigenvalue weighted by Gasteiger charge is 2.10. The summed E-state index contributed by atoms with van der Waals surface area (Å²) in [6, 6.07) is 9.06. The number of hydrogen-bond donors (Lipinski definition) is 2. The zero-order valence-electron chi connectivity index (χ0n) is 16.7. The first kappa shape index (κ1) is 20.7. The molecule has 0 radical (unpaired) electrons. The Kier molecular flexibility index (Phi) is 8.92. The van der Waals surface area contributed by atoms with Gasteiger partial charge in [0, 0.05) is 25.7 Å². The molecular weight excluding hydrogens is 324 g/mol.